The van der Waals surface area contributed by atoms with Gasteiger partial charge in [0.05, 0.1) is 0 Å². The standard InChI is InChI=1S/C18H23ClN2O2/c1-11-7-16(19)5-6-17(11)23-12(2)18(22)21-20-10-15-9-13-3-4-14(15)8-13/h5-7,10,12-15H,3-4,8-9H2,1-2H3,(H,21,22). The molecule has 1 aromatic carbocycles. The Balaban J connectivity index is 1.49. The van der Waals surface area contributed by atoms with Crippen LogP contribution in [-0.2, 0) is 4.79 Å². The Morgan fingerprint density at radius 2 is 2.26 bits per heavy atom. The summed E-state index contributed by atoms with van der Waals surface area (Å²) in [6.45, 7) is 3.62. The summed E-state index contributed by atoms with van der Waals surface area (Å²) in [5.74, 6) is 2.60. The summed E-state index contributed by atoms with van der Waals surface area (Å²) in [6, 6.07) is 5.34. The number of halogens is 1. The van der Waals surface area contributed by atoms with Crippen LogP contribution in [0.4, 0.5) is 0 Å². The van der Waals surface area contributed by atoms with Gasteiger partial charge in [-0.2, -0.15) is 5.10 Å². The fraction of sp³-hybridized carbons (Fsp3) is 0.556. The van der Waals surface area contributed by atoms with Crippen molar-refractivity contribution in [2.45, 2.75) is 45.6 Å². The zero-order chi connectivity index (χ0) is 16.4. The molecule has 4 atom stereocenters. The maximum absolute atomic E-state index is 12.1. The van der Waals surface area contributed by atoms with Crippen molar-refractivity contribution in [3.63, 3.8) is 0 Å². The quantitative estimate of drug-likeness (QED) is 0.654. The minimum atomic E-state index is -0.605. The van der Waals surface area contributed by atoms with Gasteiger partial charge in [-0.05, 0) is 74.6 Å². The molecule has 1 aromatic rings. The third-order valence-electron chi connectivity index (χ3n) is 5.04. The molecule has 0 radical (unpaired) electrons. The van der Waals surface area contributed by atoms with Gasteiger partial charge in [-0.3, -0.25) is 4.79 Å². The molecule has 2 saturated carbocycles. The number of nitrogens with one attached hydrogen (secondary N) is 1. The number of nitrogens with zero attached hydrogens (tertiary/aromatic N) is 1. The van der Waals surface area contributed by atoms with Crippen molar-refractivity contribution in [2.75, 3.05) is 0 Å². The number of benzene rings is 1. The minimum Gasteiger partial charge on any atom is -0.481 e. The number of hydrogen-bond acceptors (Lipinski definition) is 3. The highest BCUT2D eigenvalue weighted by Gasteiger charge is 2.38. The molecule has 0 saturated heterocycles. The number of hydrazone groups is 1. The average molecular weight is 335 g/mol. The van der Waals surface area contributed by atoms with Crippen molar-refractivity contribution in [1.82, 2.24) is 5.43 Å². The normalized spacial score (nSPS) is 27.3. The zero-order valence-corrected chi connectivity index (χ0v) is 14.3. The summed E-state index contributed by atoms with van der Waals surface area (Å²) >= 11 is 5.92. The molecule has 5 heteroatoms. The van der Waals surface area contributed by atoms with Gasteiger partial charge in [0.2, 0.25) is 0 Å². The third-order valence-corrected chi connectivity index (χ3v) is 5.28. The highest BCUT2D eigenvalue weighted by Crippen LogP contribution is 2.47. The predicted octanol–water partition coefficient (Wildman–Crippen LogP) is 3.95. The van der Waals surface area contributed by atoms with Crippen molar-refractivity contribution in [2.24, 2.45) is 22.9 Å². The van der Waals surface area contributed by atoms with Crippen molar-refractivity contribution < 1.29 is 9.53 Å². The first kappa shape index (κ1) is 16.3. The molecule has 124 valence electrons. The number of hydrogen-bond donors (Lipinski definition) is 1. The number of rotatable bonds is 5. The summed E-state index contributed by atoms with van der Waals surface area (Å²) in [5, 5.41) is 4.80. The van der Waals surface area contributed by atoms with Crippen LogP contribution in [0.3, 0.4) is 0 Å². The van der Waals surface area contributed by atoms with Gasteiger partial charge in [-0.1, -0.05) is 18.0 Å². The summed E-state index contributed by atoms with van der Waals surface area (Å²) < 4.78 is 5.69. The zero-order valence-electron chi connectivity index (χ0n) is 13.6. The van der Waals surface area contributed by atoms with Gasteiger partial charge in [0, 0.05) is 11.2 Å². The summed E-state index contributed by atoms with van der Waals surface area (Å²) in [6.07, 6.45) is 6.55. The van der Waals surface area contributed by atoms with Crippen LogP contribution in [0.2, 0.25) is 5.02 Å². The number of fused-ring (bicyclic) bond motifs is 2. The van der Waals surface area contributed by atoms with Crippen LogP contribution in [0.25, 0.3) is 0 Å². The van der Waals surface area contributed by atoms with E-state index in [1.54, 1.807) is 19.1 Å². The lowest BCUT2D eigenvalue weighted by Gasteiger charge is -2.17. The van der Waals surface area contributed by atoms with E-state index in [1.165, 1.54) is 25.7 Å². The van der Waals surface area contributed by atoms with Crippen LogP contribution in [0, 0.1) is 24.7 Å². The van der Waals surface area contributed by atoms with E-state index in [1.807, 2.05) is 19.2 Å². The second-order valence-electron chi connectivity index (χ2n) is 6.76. The van der Waals surface area contributed by atoms with Crippen LogP contribution in [-0.4, -0.2) is 18.2 Å². The first-order valence-electron chi connectivity index (χ1n) is 8.28. The fourth-order valence-corrected chi connectivity index (χ4v) is 3.98. The summed E-state index contributed by atoms with van der Waals surface area (Å²) in [5.41, 5.74) is 3.50. The highest BCUT2D eigenvalue weighted by molar-refractivity contribution is 6.30. The van der Waals surface area contributed by atoms with Crippen LogP contribution in [0.1, 0.15) is 38.2 Å². The van der Waals surface area contributed by atoms with Crippen LogP contribution >= 0.6 is 11.6 Å². The second-order valence-corrected chi connectivity index (χ2v) is 7.20. The largest absolute Gasteiger partial charge is 0.481 e. The van der Waals surface area contributed by atoms with E-state index in [-0.39, 0.29) is 5.91 Å². The van der Waals surface area contributed by atoms with E-state index in [4.69, 9.17) is 16.3 Å². The molecule has 2 bridgehead atoms. The van der Waals surface area contributed by atoms with Gasteiger partial charge in [-0.15, -0.1) is 0 Å². The van der Waals surface area contributed by atoms with E-state index in [0.717, 1.165) is 17.4 Å². The fourth-order valence-electron chi connectivity index (χ4n) is 3.75. The maximum Gasteiger partial charge on any atom is 0.280 e. The molecule has 1 amide bonds. The molecule has 23 heavy (non-hydrogen) atoms. The summed E-state index contributed by atoms with van der Waals surface area (Å²) in [7, 11) is 0. The van der Waals surface area contributed by atoms with E-state index in [2.05, 4.69) is 10.5 Å². The molecule has 0 spiro atoms. The van der Waals surface area contributed by atoms with Crippen molar-refractivity contribution >= 4 is 23.7 Å². The highest BCUT2D eigenvalue weighted by atomic mass is 35.5. The van der Waals surface area contributed by atoms with Crippen LogP contribution in [0.15, 0.2) is 23.3 Å². The first-order chi connectivity index (χ1) is 11.0. The lowest BCUT2D eigenvalue weighted by atomic mass is 9.90. The number of aryl methyl sites for hydroxylation is 1. The molecule has 2 fully saturated rings. The Labute approximate surface area is 142 Å². The molecular weight excluding hydrogens is 312 g/mol. The molecule has 4 nitrogen and oxygen atoms in total. The van der Waals surface area contributed by atoms with E-state index in [0.29, 0.717) is 16.7 Å². The van der Waals surface area contributed by atoms with Gasteiger partial charge in [-0.25, -0.2) is 5.43 Å². The Hall–Kier alpha value is -1.55. The monoisotopic (exact) mass is 334 g/mol. The molecule has 0 heterocycles. The molecule has 0 aromatic heterocycles. The predicted molar refractivity (Wildman–Crippen MR) is 91.9 cm³/mol. The van der Waals surface area contributed by atoms with Gasteiger partial charge in [0.15, 0.2) is 6.10 Å². The van der Waals surface area contributed by atoms with E-state index in [9.17, 15) is 4.79 Å². The molecular formula is C18H23ClN2O2. The van der Waals surface area contributed by atoms with Crippen LogP contribution < -0.4 is 10.2 Å². The SMILES string of the molecule is Cc1cc(Cl)ccc1OC(C)C(=O)NN=CC1CC2CCC1C2. The topological polar surface area (TPSA) is 50.7 Å². The van der Waals surface area contributed by atoms with Crippen molar-refractivity contribution in [1.29, 1.82) is 0 Å². The summed E-state index contributed by atoms with van der Waals surface area (Å²) in [4.78, 5) is 12.1. The molecule has 4 unspecified atom stereocenters. The Morgan fingerprint density at radius 1 is 1.43 bits per heavy atom. The average Bonchev–Trinajstić information content (AvgIpc) is 3.12. The molecule has 1 N–H and O–H groups in total. The van der Waals surface area contributed by atoms with E-state index >= 15 is 0 Å². The molecule has 0 aliphatic heterocycles. The van der Waals surface area contributed by atoms with Gasteiger partial charge in [0.1, 0.15) is 5.75 Å². The number of carbonyl (C=O) groups excluding carboxylic acids is 1. The van der Waals surface area contributed by atoms with Crippen LogP contribution in [0.5, 0.6) is 5.75 Å². The minimum absolute atomic E-state index is 0.237. The first-order valence-corrected chi connectivity index (χ1v) is 8.66. The smallest absolute Gasteiger partial charge is 0.280 e. The Morgan fingerprint density at radius 3 is 2.91 bits per heavy atom. The van der Waals surface area contributed by atoms with E-state index < -0.39 is 6.10 Å². The van der Waals surface area contributed by atoms with Crippen molar-refractivity contribution in [3.8, 4) is 5.75 Å². The van der Waals surface area contributed by atoms with Gasteiger partial charge in [0.25, 0.3) is 5.91 Å². The van der Waals surface area contributed by atoms with Gasteiger partial charge >= 0.3 is 0 Å². The Kier molecular flexibility index (Phi) is 4.90. The number of amides is 1. The number of carbonyl (C=O) groups is 1. The molecule has 2 aliphatic carbocycles. The Bertz CT molecular complexity index is 617. The third kappa shape index (κ3) is 3.86. The second kappa shape index (κ2) is 6.91. The molecule has 3 rings (SSSR count). The lowest BCUT2D eigenvalue weighted by molar-refractivity contribution is -0.127. The lowest BCUT2D eigenvalue weighted by Crippen LogP contribution is -2.33. The van der Waals surface area contributed by atoms with Gasteiger partial charge < -0.3 is 4.74 Å². The number of ether oxygens (including phenoxy) is 1. The molecule has 2 aliphatic rings. The van der Waals surface area contributed by atoms with Crippen molar-refractivity contribution in [3.05, 3.63) is 28.8 Å². The maximum atomic E-state index is 12.1.